The molecule has 1 aliphatic heterocycles. The van der Waals surface area contributed by atoms with E-state index in [9.17, 15) is 4.79 Å². The number of nitrogens with one attached hydrogen (secondary N) is 3. The normalized spacial score (nSPS) is 22.2. The molecule has 3 N–H and O–H groups in total. The summed E-state index contributed by atoms with van der Waals surface area (Å²) in [5, 5.41) is 9.68. The number of anilines is 1. The molecular formula is C16H25N3O. The summed E-state index contributed by atoms with van der Waals surface area (Å²) in [6.07, 6.45) is 1.06. The maximum atomic E-state index is 12.1. The molecule has 1 amide bonds. The first-order valence-corrected chi connectivity index (χ1v) is 7.35. The molecule has 4 nitrogen and oxygen atoms in total. The molecule has 0 bridgehead atoms. The summed E-state index contributed by atoms with van der Waals surface area (Å²) in [5.41, 5.74) is 2.13. The lowest BCUT2D eigenvalue weighted by molar-refractivity contribution is -0.115. The Labute approximate surface area is 121 Å². The molecule has 1 atom stereocenters. The van der Waals surface area contributed by atoms with Gasteiger partial charge in [-0.2, -0.15) is 0 Å². The van der Waals surface area contributed by atoms with Crippen molar-refractivity contribution >= 4 is 11.6 Å². The van der Waals surface area contributed by atoms with Crippen LogP contribution in [0.5, 0.6) is 0 Å². The number of hydrogen-bond acceptors (Lipinski definition) is 3. The summed E-state index contributed by atoms with van der Waals surface area (Å²) in [4.78, 5) is 12.1. The minimum Gasteiger partial charge on any atom is -0.325 e. The van der Waals surface area contributed by atoms with Crippen LogP contribution in [0.1, 0.15) is 38.7 Å². The highest BCUT2D eigenvalue weighted by Gasteiger charge is 2.28. The molecule has 1 aliphatic rings. The monoisotopic (exact) mass is 275 g/mol. The summed E-state index contributed by atoms with van der Waals surface area (Å²) < 4.78 is 0. The Bertz CT molecular complexity index is 465. The largest absolute Gasteiger partial charge is 0.325 e. The highest BCUT2D eigenvalue weighted by Crippen LogP contribution is 2.23. The van der Waals surface area contributed by atoms with Crippen LogP contribution >= 0.6 is 0 Å². The lowest BCUT2D eigenvalue weighted by Crippen LogP contribution is -2.47. The number of rotatable bonds is 5. The van der Waals surface area contributed by atoms with Crippen LogP contribution in [-0.4, -0.2) is 31.1 Å². The van der Waals surface area contributed by atoms with Gasteiger partial charge >= 0.3 is 0 Å². The smallest absolute Gasteiger partial charge is 0.238 e. The zero-order chi connectivity index (χ0) is 14.6. The first-order valence-electron chi connectivity index (χ1n) is 7.35. The van der Waals surface area contributed by atoms with Gasteiger partial charge in [0.05, 0.1) is 6.54 Å². The van der Waals surface area contributed by atoms with Gasteiger partial charge in [0.2, 0.25) is 5.91 Å². The standard InChI is InChI=1S/C16H25N3O/c1-12(2)13-6-4-5-7-14(13)19-15(20)10-18-16(3)8-9-17-11-16/h4-7,12,17-18H,8-11H2,1-3H3,(H,19,20). The Morgan fingerprint density at radius 1 is 1.40 bits per heavy atom. The van der Waals surface area contributed by atoms with Crippen LogP contribution in [0.2, 0.25) is 0 Å². The van der Waals surface area contributed by atoms with E-state index in [1.165, 1.54) is 5.56 Å². The molecule has 0 radical (unpaired) electrons. The number of benzene rings is 1. The first kappa shape index (κ1) is 15.0. The van der Waals surface area contributed by atoms with Crippen molar-refractivity contribution in [3.8, 4) is 0 Å². The van der Waals surface area contributed by atoms with E-state index in [2.05, 4.69) is 42.8 Å². The molecule has 0 spiro atoms. The molecule has 1 saturated heterocycles. The minimum absolute atomic E-state index is 0.0197. The Morgan fingerprint density at radius 2 is 2.15 bits per heavy atom. The summed E-state index contributed by atoms with van der Waals surface area (Å²) >= 11 is 0. The molecule has 0 aromatic heterocycles. The van der Waals surface area contributed by atoms with E-state index < -0.39 is 0 Å². The number of hydrogen-bond donors (Lipinski definition) is 3. The molecule has 20 heavy (non-hydrogen) atoms. The molecule has 1 aromatic carbocycles. The van der Waals surface area contributed by atoms with Gasteiger partial charge in [-0.25, -0.2) is 0 Å². The van der Waals surface area contributed by atoms with Crippen molar-refractivity contribution in [3.63, 3.8) is 0 Å². The van der Waals surface area contributed by atoms with E-state index in [-0.39, 0.29) is 11.4 Å². The molecule has 1 fully saturated rings. The van der Waals surface area contributed by atoms with Crippen LogP contribution in [0.15, 0.2) is 24.3 Å². The number of carbonyl (C=O) groups is 1. The quantitative estimate of drug-likeness (QED) is 0.771. The summed E-state index contributed by atoms with van der Waals surface area (Å²) in [7, 11) is 0. The summed E-state index contributed by atoms with van der Waals surface area (Å²) in [5.74, 6) is 0.419. The van der Waals surface area contributed by atoms with Crippen LogP contribution in [0.4, 0.5) is 5.69 Å². The van der Waals surface area contributed by atoms with Crippen molar-refractivity contribution in [2.45, 2.75) is 38.6 Å². The fraction of sp³-hybridized carbons (Fsp3) is 0.562. The molecule has 4 heteroatoms. The van der Waals surface area contributed by atoms with Gasteiger partial charge in [0.15, 0.2) is 0 Å². The Balaban J connectivity index is 1.91. The predicted molar refractivity (Wildman–Crippen MR) is 83.1 cm³/mol. The first-order chi connectivity index (χ1) is 9.50. The molecule has 0 aliphatic carbocycles. The van der Waals surface area contributed by atoms with Gasteiger partial charge in [0.1, 0.15) is 0 Å². The zero-order valence-electron chi connectivity index (χ0n) is 12.6. The molecule has 0 saturated carbocycles. The van der Waals surface area contributed by atoms with E-state index in [0.29, 0.717) is 12.5 Å². The second kappa shape index (κ2) is 6.37. The van der Waals surface area contributed by atoms with Crippen molar-refractivity contribution < 1.29 is 4.79 Å². The van der Waals surface area contributed by atoms with E-state index >= 15 is 0 Å². The third-order valence-corrected chi connectivity index (χ3v) is 3.90. The van der Waals surface area contributed by atoms with E-state index in [0.717, 1.165) is 25.2 Å². The Hall–Kier alpha value is -1.39. The Kier molecular flexibility index (Phi) is 4.78. The molecule has 1 aromatic rings. The van der Waals surface area contributed by atoms with Crippen molar-refractivity contribution in [2.75, 3.05) is 25.0 Å². The van der Waals surface area contributed by atoms with Gasteiger partial charge in [0, 0.05) is 17.8 Å². The SMILES string of the molecule is CC(C)c1ccccc1NC(=O)CNC1(C)CCNC1. The maximum Gasteiger partial charge on any atom is 0.238 e. The van der Waals surface area contributed by atoms with Gasteiger partial charge in [0.25, 0.3) is 0 Å². The van der Waals surface area contributed by atoms with Crippen molar-refractivity contribution in [1.82, 2.24) is 10.6 Å². The van der Waals surface area contributed by atoms with Crippen LogP contribution in [0.3, 0.4) is 0 Å². The van der Waals surface area contributed by atoms with E-state index in [1.54, 1.807) is 0 Å². The van der Waals surface area contributed by atoms with Crippen LogP contribution in [0.25, 0.3) is 0 Å². The van der Waals surface area contributed by atoms with Crippen molar-refractivity contribution in [3.05, 3.63) is 29.8 Å². The molecule has 1 heterocycles. The molecule has 1 unspecified atom stereocenters. The Morgan fingerprint density at radius 3 is 2.80 bits per heavy atom. The van der Waals surface area contributed by atoms with Gasteiger partial charge in [-0.3, -0.25) is 4.79 Å². The highest BCUT2D eigenvalue weighted by atomic mass is 16.1. The van der Waals surface area contributed by atoms with E-state index in [1.807, 2.05) is 18.2 Å². The number of amides is 1. The van der Waals surface area contributed by atoms with Gasteiger partial charge in [-0.15, -0.1) is 0 Å². The average molecular weight is 275 g/mol. The molecule has 2 rings (SSSR count). The fourth-order valence-corrected chi connectivity index (χ4v) is 2.57. The lowest BCUT2D eigenvalue weighted by atomic mass is 10.0. The second-order valence-corrected chi connectivity index (χ2v) is 6.13. The summed E-state index contributed by atoms with van der Waals surface area (Å²) in [6, 6.07) is 7.99. The fourth-order valence-electron chi connectivity index (χ4n) is 2.57. The summed E-state index contributed by atoms with van der Waals surface area (Å²) in [6.45, 7) is 8.71. The van der Waals surface area contributed by atoms with Gasteiger partial charge in [-0.05, 0) is 37.4 Å². The lowest BCUT2D eigenvalue weighted by Gasteiger charge is -2.24. The third-order valence-electron chi connectivity index (χ3n) is 3.90. The zero-order valence-corrected chi connectivity index (χ0v) is 12.6. The average Bonchev–Trinajstić information content (AvgIpc) is 2.84. The van der Waals surface area contributed by atoms with E-state index in [4.69, 9.17) is 0 Å². The molecule has 110 valence electrons. The maximum absolute atomic E-state index is 12.1. The van der Waals surface area contributed by atoms with Crippen LogP contribution < -0.4 is 16.0 Å². The van der Waals surface area contributed by atoms with Crippen molar-refractivity contribution in [1.29, 1.82) is 0 Å². The predicted octanol–water partition coefficient (Wildman–Crippen LogP) is 2.09. The number of carbonyl (C=O) groups excluding carboxylic acids is 1. The van der Waals surface area contributed by atoms with Crippen LogP contribution in [-0.2, 0) is 4.79 Å². The van der Waals surface area contributed by atoms with Crippen LogP contribution in [0, 0.1) is 0 Å². The van der Waals surface area contributed by atoms with Crippen molar-refractivity contribution in [2.24, 2.45) is 0 Å². The topological polar surface area (TPSA) is 53.2 Å². The minimum atomic E-state index is 0.0197. The number of para-hydroxylation sites is 1. The van der Waals surface area contributed by atoms with Gasteiger partial charge < -0.3 is 16.0 Å². The third kappa shape index (κ3) is 3.81. The second-order valence-electron chi connectivity index (χ2n) is 6.13. The highest BCUT2D eigenvalue weighted by molar-refractivity contribution is 5.93. The molecular weight excluding hydrogens is 250 g/mol. The van der Waals surface area contributed by atoms with Gasteiger partial charge in [-0.1, -0.05) is 32.0 Å².